The summed E-state index contributed by atoms with van der Waals surface area (Å²) in [6.45, 7) is 0. The number of nitro groups is 1. The van der Waals surface area contributed by atoms with Crippen LogP contribution in [0.25, 0.3) is 0 Å². The Kier molecular flexibility index (Phi) is 3.25. The van der Waals surface area contributed by atoms with Crippen LogP contribution >= 0.6 is 11.6 Å². The highest BCUT2D eigenvalue weighted by Crippen LogP contribution is 2.33. The summed E-state index contributed by atoms with van der Waals surface area (Å²) in [5.41, 5.74) is -0.123. The monoisotopic (exact) mass is 248 g/mol. The van der Waals surface area contributed by atoms with Crippen LogP contribution in [0.1, 0.15) is 0 Å². The Bertz CT molecular complexity index is 543. The third-order valence-electron chi connectivity index (χ3n) is 2.03. The lowest BCUT2D eigenvalue weighted by molar-refractivity contribution is -0.385. The van der Waals surface area contributed by atoms with Gasteiger partial charge in [0.05, 0.1) is 4.92 Å². The van der Waals surface area contributed by atoms with E-state index in [9.17, 15) is 10.1 Å². The van der Waals surface area contributed by atoms with Gasteiger partial charge in [-0.1, -0.05) is 23.7 Å². The second-order valence-corrected chi connectivity index (χ2v) is 3.64. The van der Waals surface area contributed by atoms with Gasteiger partial charge in [-0.3, -0.25) is 10.1 Å². The van der Waals surface area contributed by atoms with Gasteiger partial charge >= 0.3 is 5.69 Å². The number of nitrogens with zero attached hydrogens (tertiary/aromatic N) is 1. The Hall–Kier alpha value is -2.07. The molecule has 0 aromatic heterocycles. The SMILES string of the molecule is O=[N+]([O-])c1ccc(Cl)cc1Oc1cc[c]cc1. The molecule has 85 valence electrons. The van der Waals surface area contributed by atoms with E-state index < -0.39 is 4.92 Å². The molecule has 0 aliphatic rings. The highest BCUT2D eigenvalue weighted by molar-refractivity contribution is 6.30. The van der Waals surface area contributed by atoms with Crippen LogP contribution in [0.4, 0.5) is 5.69 Å². The van der Waals surface area contributed by atoms with Crippen LogP contribution in [0.5, 0.6) is 11.5 Å². The number of hydrogen-bond acceptors (Lipinski definition) is 3. The summed E-state index contributed by atoms with van der Waals surface area (Å²) in [5, 5.41) is 11.2. The lowest BCUT2D eigenvalue weighted by Gasteiger charge is -2.06. The summed E-state index contributed by atoms with van der Waals surface area (Å²) in [4.78, 5) is 10.3. The first-order valence-corrected chi connectivity index (χ1v) is 5.12. The van der Waals surface area contributed by atoms with Gasteiger partial charge in [0, 0.05) is 17.2 Å². The Balaban J connectivity index is 2.37. The largest absolute Gasteiger partial charge is 0.450 e. The van der Waals surface area contributed by atoms with Crippen LogP contribution in [-0.2, 0) is 0 Å². The molecule has 0 aliphatic heterocycles. The zero-order chi connectivity index (χ0) is 12.3. The van der Waals surface area contributed by atoms with Gasteiger partial charge in [0.2, 0.25) is 5.75 Å². The van der Waals surface area contributed by atoms with Gasteiger partial charge in [-0.05, 0) is 24.3 Å². The average Bonchev–Trinajstić information content (AvgIpc) is 2.30. The quantitative estimate of drug-likeness (QED) is 0.612. The molecular formula is C12H7ClNO3. The standard InChI is InChI=1S/C12H7ClNO3/c13-9-6-7-11(14(15)16)12(8-9)17-10-4-2-1-3-5-10/h2-8H. The van der Waals surface area contributed by atoms with E-state index in [1.807, 2.05) is 0 Å². The molecule has 17 heavy (non-hydrogen) atoms. The van der Waals surface area contributed by atoms with Crippen LogP contribution in [0.15, 0.2) is 42.5 Å². The van der Waals surface area contributed by atoms with E-state index in [0.717, 1.165) is 0 Å². The normalized spacial score (nSPS) is 9.94. The lowest BCUT2D eigenvalue weighted by atomic mass is 10.3. The molecule has 0 unspecified atom stereocenters. The van der Waals surface area contributed by atoms with Crippen LogP contribution in [0.2, 0.25) is 5.02 Å². The summed E-state index contributed by atoms with van der Waals surface area (Å²) >= 11 is 5.78. The molecule has 2 rings (SSSR count). The predicted molar refractivity (Wildman–Crippen MR) is 63.5 cm³/mol. The molecule has 2 aromatic carbocycles. The number of nitro benzene ring substituents is 1. The molecule has 0 atom stereocenters. The van der Waals surface area contributed by atoms with E-state index in [0.29, 0.717) is 10.8 Å². The van der Waals surface area contributed by atoms with Crippen molar-refractivity contribution in [2.45, 2.75) is 0 Å². The molecule has 0 aliphatic carbocycles. The highest BCUT2D eigenvalue weighted by Gasteiger charge is 2.15. The minimum Gasteiger partial charge on any atom is -0.450 e. The van der Waals surface area contributed by atoms with Crippen LogP contribution in [0.3, 0.4) is 0 Å². The molecule has 1 radical (unpaired) electrons. The van der Waals surface area contributed by atoms with Crippen molar-refractivity contribution in [2.24, 2.45) is 0 Å². The molecule has 2 aromatic rings. The summed E-state index contributed by atoms with van der Waals surface area (Å²) in [5.74, 6) is 0.614. The fraction of sp³-hybridized carbons (Fsp3) is 0. The van der Waals surface area contributed by atoms with E-state index in [4.69, 9.17) is 16.3 Å². The molecule has 0 amide bonds. The molecule has 4 nitrogen and oxygen atoms in total. The maximum atomic E-state index is 10.8. The van der Waals surface area contributed by atoms with Crippen molar-refractivity contribution < 1.29 is 9.66 Å². The van der Waals surface area contributed by atoms with E-state index in [1.54, 1.807) is 24.3 Å². The highest BCUT2D eigenvalue weighted by atomic mass is 35.5. The van der Waals surface area contributed by atoms with E-state index in [-0.39, 0.29) is 11.4 Å². The van der Waals surface area contributed by atoms with Gasteiger partial charge in [-0.25, -0.2) is 0 Å². The molecule has 0 fully saturated rings. The smallest absolute Gasteiger partial charge is 0.311 e. The van der Waals surface area contributed by atoms with Crippen molar-refractivity contribution >= 4 is 17.3 Å². The number of hydrogen-bond donors (Lipinski definition) is 0. The maximum Gasteiger partial charge on any atom is 0.311 e. The molecule has 0 saturated carbocycles. The first kappa shape index (κ1) is 11.4. The first-order valence-electron chi connectivity index (χ1n) is 4.75. The molecule has 0 heterocycles. The molecule has 0 saturated heterocycles. The molecule has 0 spiro atoms. The van der Waals surface area contributed by atoms with Crippen molar-refractivity contribution in [3.63, 3.8) is 0 Å². The number of ether oxygens (including phenoxy) is 1. The number of rotatable bonds is 3. The second-order valence-electron chi connectivity index (χ2n) is 3.21. The van der Waals surface area contributed by atoms with Crippen molar-refractivity contribution in [3.8, 4) is 11.5 Å². The first-order chi connectivity index (χ1) is 8.16. The second kappa shape index (κ2) is 4.84. The van der Waals surface area contributed by atoms with Gasteiger partial charge in [0.15, 0.2) is 0 Å². The predicted octanol–water partition coefficient (Wildman–Crippen LogP) is 3.84. The minimum atomic E-state index is -0.513. The van der Waals surface area contributed by atoms with Gasteiger partial charge in [-0.15, -0.1) is 0 Å². The summed E-state index contributed by atoms with van der Waals surface area (Å²) in [6.07, 6.45) is 0. The third kappa shape index (κ3) is 2.73. The Morgan fingerprint density at radius 2 is 1.94 bits per heavy atom. The van der Waals surface area contributed by atoms with Crippen LogP contribution in [-0.4, -0.2) is 4.92 Å². The molecular weight excluding hydrogens is 242 g/mol. The number of benzene rings is 2. The zero-order valence-corrected chi connectivity index (χ0v) is 9.35. The van der Waals surface area contributed by atoms with Crippen molar-refractivity contribution in [2.75, 3.05) is 0 Å². The minimum absolute atomic E-state index is 0.119. The van der Waals surface area contributed by atoms with Crippen molar-refractivity contribution in [1.29, 1.82) is 0 Å². The topological polar surface area (TPSA) is 52.4 Å². The summed E-state index contributed by atoms with van der Waals surface area (Å²) in [6, 6.07) is 13.6. The Labute approximate surface area is 103 Å². The summed E-state index contributed by atoms with van der Waals surface area (Å²) in [7, 11) is 0. The maximum absolute atomic E-state index is 10.8. The van der Waals surface area contributed by atoms with Crippen LogP contribution < -0.4 is 4.74 Å². The fourth-order valence-electron chi connectivity index (χ4n) is 1.29. The molecule has 5 heteroatoms. The number of halogens is 1. The van der Waals surface area contributed by atoms with E-state index in [2.05, 4.69) is 6.07 Å². The molecule has 0 N–H and O–H groups in total. The van der Waals surface area contributed by atoms with Gasteiger partial charge < -0.3 is 4.74 Å². The Morgan fingerprint density at radius 1 is 1.24 bits per heavy atom. The lowest BCUT2D eigenvalue weighted by Crippen LogP contribution is -1.93. The Morgan fingerprint density at radius 3 is 2.59 bits per heavy atom. The molecule has 0 bridgehead atoms. The van der Waals surface area contributed by atoms with Crippen LogP contribution in [0, 0.1) is 16.2 Å². The fourth-order valence-corrected chi connectivity index (χ4v) is 1.45. The van der Waals surface area contributed by atoms with Crippen molar-refractivity contribution in [3.05, 3.63) is 63.7 Å². The van der Waals surface area contributed by atoms with Gasteiger partial charge in [0.1, 0.15) is 5.75 Å². The summed E-state index contributed by atoms with van der Waals surface area (Å²) < 4.78 is 5.41. The van der Waals surface area contributed by atoms with Crippen molar-refractivity contribution in [1.82, 2.24) is 0 Å². The van der Waals surface area contributed by atoms with Gasteiger partial charge in [-0.2, -0.15) is 0 Å². The van der Waals surface area contributed by atoms with E-state index in [1.165, 1.54) is 18.2 Å². The average molecular weight is 249 g/mol. The third-order valence-corrected chi connectivity index (χ3v) is 2.27. The van der Waals surface area contributed by atoms with Gasteiger partial charge in [0.25, 0.3) is 0 Å². The van der Waals surface area contributed by atoms with E-state index >= 15 is 0 Å². The zero-order valence-electron chi connectivity index (χ0n) is 8.59.